The largest absolute Gasteiger partial charge is 0.481 e. The third-order valence-corrected chi connectivity index (χ3v) is 4.19. The Hall–Kier alpha value is -2.89. The van der Waals surface area contributed by atoms with Crippen molar-refractivity contribution in [2.24, 2.45) is 0 Å². The van der Waals surface area contributed by atoms with E-state index in [1.54, 1.807) is 13.3 Å². The number of nitrogens with one attached hydrogen (secondary N) is 1. The molecule has 1 aliphatic rings. The predicted octanol–water partition coefficient (Wildman–Crippen LogP) is 1.89. The Kier molecular flexibility index (Phi) is 3.22. The molecule has 1 aliphatic heterocycles. The molecule has 0 radical (unpaired) electrons. The lowest BCUT2D eigenvalue weighted by molar-refractivity contribution is -0.121. The van der Waals surface area contributed by atoms with Crippen LogP contribution in [0.15, 0.2) is 42.7 Å². The molecule has 0 aromatic carbocycles. The summed E-state index contributed by atoms with van der Waals surface area (Å²) in [7, 11) is 1.60. The molecule has 1 amide bonds. The van der Waals surface area contributed by atoms with Gasteiger partial charge in [-0.1, -0.05) is 12.1 Å². The first-order chi connectivity index (χ1) is 11.3. The molecule has 116 valence electrons. The SMILES string of the molecule is COc1ncccc1[C@@H]1CC(=O)NCc2nc3ccccn3c21. The van der Waals surface area contributed by atoms with Crippen molar-refractivity contribution < 1.29 is 9.53 Å². The first-order valence-electron chi connectivity index (χ1n) is 7.49. The highest BCUT2D eigenvalue weighted by molar-refractivity contribution is 5.78. The predicted molar refractivity (Wildman–Crippen MR) is 84.3 cm³/mol. The van der Waals surface area contributed by atoms with E-state index in [1.165, 1.54) is 0 Å². The van der Waals surface area contributed by atoms with Gasteiger partial charge >= 0.3 is 0 Å². The smallest absolute Gasteiger partial charge is 0.221 e. The van der Waals surface area contributed by atoms with Gasteiger partial charge in [-0.15, -0.1) is 0 Å². The van der Waals surface area contributed by atoms with Crippen LogP contribution in [-0.4, -0.2) is 27.4 Å². The summed E-state index contributed by atoms with van der Waals surface area (Å²) in [6.07, 6.45) is 4.01. The standard InChI is InChI=1S/C17H16N4O2/c1-23-17-11(5-4-7-18-17)12-9-15(22)19-10-13-16(12)21-8-3-2-6-14(21)20-13/h2-8,12H,9-10H2,1H3,(H,19,22)/t12-/m0/s1. The van der Waals surface area contributed by atoms with Gasteiger partial charge in [-0.2, -0.15) is 0 Å². The molecule has 23 heavy (non-hydrogen) atoms. The highest BCUT2D eigenvalue weighted by Gasteiger charge is 2.30. The van der Waals surface area contributed by atoms with Gasteiger partial charge in [-0.05, 0) is 18.2 Å². The van der Waals surface area contributed by atoms with Crippen LogP contribution >= 0.6 is 0 Å². The Balaban J connectivity index is 1.97. The average molecular weight is 308 g/mol. The minimum absolute atomic E-state index is 0.00332. The number of fused-ring (bicyclic) bond motifs is 3. The topological polar surface area (TPSA) is 68.5 Å². The number of ether oxygens (including phenoxy) is 1. The Morgan fingerprint density at radius 2 is 2.22 bits per heavy atom. The highest BCUT2D eigenvalue weighted by atomic mass is 16.5. The van der Waals surface area contributed by atoms with Crippen LogP contribution in [0.5, 0.6) is 5.88 Å². The van der Waals surface area contributed by atoms with Crippen molar-refractivity contribution in [1.29, 1.82) is 0 Å². The molecule has 0 spiro atoms. The lowest BCUT2D eigenvalue weighted by atomic mass is 9.92. The number of aromatic nitrogens is 3. The summed E-state index contributed by atoms with van der Waals surface area (Å²) < 4.78 is 7.45. The summed E-state index contributed by atoms with van der Waals surface area (Å²) in [5.74, 6) is 0.404. The number of hydrogen-bond acceptors (Lipinski definition) is 4. The number of amides is 1. The van der Waals surface area contributed by atoms with Gasteiger partial charge in [-0.3, -0.25) is 4.79 Å². The zero-order chi connectivity index (χ0) is 15.8. The van der Waals surface area contributed by atoms with Gasteiger partial charge in [0, 0.05) is 30.3 Å². The second-order valence-corrected chi connectivity index (χ2v) is 5.51. The highest BCUT2D eigenvalue weighted by Crippen LogP contribution is 2.36. The van der Waals surface area contributed by atoms with E-state index in [0.29, 0.717) is 18.8 Å². The fourth-order valence-electron chi connectivity index (χ4n) is 3.20. The van der Waals surface area contributed by atoms with Gasteiger partial charge in [0.2, 0.25) is 11.8 Å². The third kappa shape index (κ3) is 2.23. The Labute approximate surface area is 133 Å². The average Bonchev–Trinajstić information content (AvgIpc) is 2.88. The summed E-state index contributed by atoms with van der Waals surface area (Å²) in [4.78, 5) is 21.1. The van der Waals surface area contributed by atoms with Crippen LogP contribution in [-0.2, 0) is 11.3 Å². The van der Waals surface area contributed by atoms with Crippen molar-refractivity contribution in [1.82, 2.24) is 19.7 Å². The summed E-state index contributed by atoms with van der Waals surface area (Å²) >= 11 is 0. The molecule has 3 aromatic heterocycles. The zero-order valence-electron chi connectivity index (χ0n) is 12.7. The second-order valence-electron chi connectivity index (χ2n) is 5.51. The van der Waals surface area contributed by atoms with Crippen molar-refractivity contribution >= 4 is 11.6 Å². The second kappa shape index (κ2) is 5.39. The van der Waals surface area contributed by atoms with E-state index in [4.69, 9.17) is 4.74 Å². The number of carbonyl (C=O) groups is 1. The van der Waals surface area contributed by atoms with Gasteiger partial charge in [0.1, 0.15) is 5.65 Å². The number of methoxy groups -OCH3 is 1. The first kappa shape index (κ1) is 13.8. The minimum Gasteiger partial charge on any atom is -0.481 e. The summed E-state index contributed by atoms with van der Waals surface area (Å²) in [5.41, 5.74) is 3.68. The summed E-state index contributed by atoms with van der Waals surface area (Å²) in [6, 6.07) is 9.71. The molecule has 0 saturated carbocycles. The fraction of sp³-hybridized carbons (Fsp3) is 0.235. The number of nitrogens with zero attached hydrogens (tertiary/aromatic N) is 3. The van der Waals surface area contributed by atoms with E-state index >= 15 is 0 Å². The Morgan fingerprint density at radius 3 is 3.09 bits per heavy atom. The molecule has 1 N–H and O–H groups in total. The van der Waals surface area contributed by atoms with E-state index in [1.807, 2.05) is 40.9 Å². The van der Waals surface area contributed by atoms with Crippen molar-refractivity contribution in [3.8, 4) is 5.88 Å². The lowest BCUT2D eigenvalue weighted by Gasteiger charge is -2.17. The van der Waals surface area contributed by atoms with Crippen LogP contribution in [0.1, 0.15) is 29.3 Å². The number of carbonyl (C=O) groups excluding carboxylic acids is 1. The molecular weight excluding hydrogens is 292 g/mol. The van der Waals surface area contributed by atoms with Crippen molar-refractivity contribution in [2.45, 2.75) is 18.9 Å². The van der Waals surface area contributed by atoms with Crippen molar-refractivity contribution in [2.75, 3.05) is 7.11 Å². The molecule has 6 nitrogen and oxygen atoms in total. The van der Waals surface area contributed by atoms with Gasteiger partial charge < -0.3 is 14.5 Å². The molecule has 1 atom stereocenters. The molecule has 0 saturated heterocycles. The van der Waals surface area contributed by atoms with Crippen LogP contribution in [0.2, 0.25) is 0 Å². The van der Waals surface area contributed by atoms with Gasteiger partial charge in [0.25, 0.3) is 0 Å². The molecule has 0 bridgehead atoms. The van der Waals surface area contributed by atoms with E-state index in [0.717, 1.165) is 22.6 Å². The number of hydrogen-bond donors (Lipinski definition) is 1. The van der Waals surface area contributed by atoms with Crippen LogP contribution in [0, 0.1) is 0 Å². The van der Waals surface area contributed by atoms with Crippen LogP contribution in [0.25, 0.3) is 5.65 Å². The third-order valence-electron chi connectivity index (χ3n) is 4.19. The summed E-state index contributed by atoms with van der Waals surface area (Å²) in [5, 5.41) is 2.92. The monoisotopic (exact) mass is 308 g/mol. The van der Waals surface area contributed by atoms with Gasteiger partial charge in [-0.25, -0.2) is 9.97 Å². The van der Waals surface area contributed by atoms with Crippen molar-refractivity contribution in [3.63, 3.8) is 0 Å². The molecule has 4 rings (SSSR count). The van der Waals surface area contributed by atoms with Crippen LogP contribution in [0.3, 0.4) is 0 Å². The quantitative estimate of drug-likeness (QED) is 0.785. The zero-order valence-corrected chi connectivity index (χ0v) is 12.7. The van der Waals surface area contributed by atoms with E-state index in [-0.39, 0.29) is 11.8 Å². The molecule has 0 aliphatic carbocycles. The van der Waals surface area contributed by atoms with Crippen LogP contribution < -0.4 is 10.1 Å². The fourth-order valence-corrected chi connectivity index (χ4v) is 3.20. The maximum atomic E-state index is 12.2. The molecular formula is C17H16N4O2. The van der Waals surface area contributed by atoms with E-state index in [9.17, 15) is 4.79 Å². The number of rotatable bonds is 2. The molecule has 0 unspecified atom stereocenters. The van der Waals surface area contributed by atoms with E-state index in [2.05, 4.69) is 15.3 Å². The maximum absolute atomic E-state index is 12.2. The molecule has 3 aromatic rings. The Morgan fingerprint density at radius 1 is 1.30 bits per heavy atom. The molecule has 4 heterocycles. The normalized spacial score (nSPS) is 17.4. The van der Waals surface area contributed by atoms with Gasteiger partial charge in [0.15, 0.2) is 0 Å². The number of pyridine rings is 2. The molecule has 0 fully saturated rings. The Bertz CT molecular complexity index is 887. The first-order valence-corrected chi connectivity index (χ1v) is 7.49. The molecule has 6 heteroatoms. The lowest BCUT2D eigenvalue weighted by Crippen LogP contribution is -2.21. The maximum Gasteiger partial charge on any atom is 0.221 e. The minimum atomic E-state index is -0.145. The van der Waals surface area contributed by atoms with Crippen LogP contribution in [0.4, 0.5) is 0 Å². The number of imidazole rings is 1. The van der Waals surface area contributed by atoms with E-state index < -0.39 is 0 Å². The van der Waals surface area contributed by atoms with Crippen molar-refractivity contribution in [3.05, 3.63) is 59.7 Å². The summed E-state index contributed by atoms with van der Waals surface area (Å²) in [6.45, 7) is 0.439. The van der Waals surface area contributed by atoms with Gasteiger partial charge in [0.05, 0.1) is 25.0 Å².